The van der Waals surface area contributed by atoms with Crippen molar-refractivity contribution in [2.45, 2.75) is 6.04 Å². The van der Waals surface area contributed by atoms with Gasteiger partial charge in [0.25, 0.3) is 0 Å². The molecule has 1 unspecified atom stereocenters. The fourth-order valence-corrected chi connectivity index (χ4v) is 2.29. The molecule has 1 saturated heterocycles. The van der Waals surface area contributed by atoms with Crippen molar-refractivity contribution in [2.75, 3.05) is 18.2 Å². The molecule has 43 valence electrons. The first-order valence-corrected chi connectivity index (χ1v) is 4.01. The number of hydrogen-bond donors (Lipinski definition) is 0. The second kappa shape index (κ2) is 1.78. The third-order valence-corrected chi connectivity index (χ3v) is 2.71. The quantitative estimate of drug-likeness (QED) is 0.471. The summed E-state index contributed by atoms with van der Waals surface area (Å²) in [6.07, 6.45) is 5.41. The van der Waals surface area contributed by atoms with Gasteiger partial charge in [-0.1, -0.05) is 6.08 Å². The topological polar surface area (TPSA) is 3.24 Å². The minimum absolute atomic E-state index is 0.736. The third kappa shape index (κ3) is 0.599. The van der Waals surface area contributed by atoms with Gasteiger partial charge in [-0.2, -0.15) is 0 Å². The molecular formula is C6H8NS. The zero-order valence-corrected chi connectivity index (χ0v) is 5.45. The lowest BCUT2D eigenvalue weighted by molar-refractivity contribution is 0.357. The van der Waals surface area contributed by atoms with Crippen molar-refractivity contribution in [3.8, 4) is 0 Å². The van der Waals surface area contributed by atoms with Crippen LogP contribution in [0.5, 0.6) is 0 Å². The third-order valence-electron chi connectivity index (χ3n) is 1.62. The number of nitrogens with zero attached hydrogens (tertiary/aromatic N) is 1. The Bertz CT molecular complexity index is 122. The molecule has 1 radical (unpaired) electrons. The van der Waals surface area contributed by atoms with Crippen LogP contribution in [0, 0.1) is 6.08 Å². The van der Waals surface area contributed by atoms with Crippen LogP contribution in [0.15, 0.2) is 6.08 Å². The van der Waals surface area contributed by atoms with Gasteiger partial charge in [-0.25, -0.2) is 0 Å². The van der Waals surface area contributed by atoms with E-state index in [-0.39, 0.29) is 0 Å². The number of hydrogen-bond acceptors (Lipinski definition) is 2. The maximum absolute atomic E-state index is 3.21. The van der Waals surface area contributed by atoms with Crippen LogP contribution in [0.2, 0.25) is 0 Å². The lowest BCUT2D eigenvalue weighted by atomic mass is 10.3. The molecule has 0 N–H and O–H groups in total. The molecule has 2 aliphatic rings. The number of fused-ring (bicyclic) bond motifs is 1. The largest absolute Gasteiger partial charge is 0.283 e. The van der Waals surface area contributed by atoms with Crippen LogP contribution in [-0.2, 0) is 0 Å². The van der Waals surface area contributed by atoms with E-state index in [2.05, 4.69) is 17.1 Å². The Balaban J connectivity index is 2.13. The average molecular weight is 126 g/mol. The summed E-state index contributed by atoms with van der Waals surface area (Å²) in [4.78, 5) is 2.44. The molecule has 2 rings (SSSR count). The molecule has 0 aliphatic carbocycles. The van der Waals surface area contributed by atoms with E-state index >= 15 is 0 Å². The van der Waals surface area contributed by atoms with Crippen LogP contribution in [0.1, 0.15) is 0 Å². The van der Waals surface area contributed by atoms with Gasteiger partial charge < -0.3 is 0 Å². The Hall–Kier alpha value is 0.0500. The molecule has 1 atom stereocenters. The van der Waals surface area contributed by atoms with E-state index in [0.717, 1.165) is 12.6 Å². The Kier molecular flexibility index (Phi) is 1.09. The van der Waals surface area contributed by atoms with E-state index in [4.69, 9.17) is 0 Å². The van der Waals surface area contributed by atoms with Gasteiger partial charge in [0.15, 0.2) is 0 Å². The van der Waals surface area contributed by atoms with Crippen LogP contribution in [0.25, 0.3) is 0 Å². The summed E-state index contributed by atoms with van der Waals surface area (Å²) in [5.74, 6) is 2.50. The van der Waals surface area contributed by atoms with Gasteiger partial charge in [-0.15, -0.1) is 11.8 Å². The predicted octanol–water partition coefficient (Wildman–Crippen LogP) is 0.734. The monoisotopic (exact) mass is 126 g/mol. The maximum Gasteiger partial charge on any atom is 0.0454 e. The summed E-state index contributed by atoms with van der Waals surface area (Å²) >= 11 is 2.02. The zero-order valence-electron chi connectivity index (χ0n) is 4.63. The summed E-state index contributed by atoms with van der Waals surface area (Å²) in [5, 5.41) is 0. The SMILES string of the molecule is [C]1=CC2CSCN2C1. The van der Waals surface area contributed by atoms with Gasteiger partial charge in [0.05, 0.1) is 0 Å². The van der Waals surface area contributed by atoms with Crippen molar-refractivity contribution in [2.24, 2.45) is 0 Å². The maximum atomic E-state index is 3.21. The normalized spacial score (nSPS) is 36.2. The molecule has 2 heteroatoms. The van der Waals surface area contributed by atoms with E-state index in [1.165, 1.54) is 11.6 Å². The molecule has 0 amide bonds. The lowest BCUT2D eigenvalue weighted by Crippen LogP contribution is -2.23. The minimum Gasteiger partial charge on any atom is -0.283 e. The molecule has 0 aromatic rings. The van der Waals surface area contributed by atoms with Crippen molar-refractivity contribution in [1.29, 1.82) is 0 Å². The second-order valence-corrected chi connectivity index (χ2v) is 3.18. The molecule has 2 heterocycles. The fourth-order valence-electron chi connectivity index (χ4n) is 1.11. The highest BCUT2D eigenvalue weighted by Crippen LogP contribution is 2.23. The molecule has 0 aromatic heterocycles. The Labute approximate surface area is 53.7 Å². The molecule has 8 heavy (non-hydrogen) atoms. The van der Waals surface area contributed by atoms with Gasteiger partial charge >= 0.3 is 0 Å². The fraction of sp³-hybridized carbons (Fsp3) is 0.667. The standard InChI is InChI=1S/C6H8NS/c1-2-6-4-8-5-7(6)3-1/h2,6H,3-5H2. The highest BCUT2D eigenvalue weighted by molar-refractivity contribution is 7.99. The smallest absolute Gasteiger partial charge is 0.0454 e. The van der Waals surface area contributed by atoms with E-state index in [1.54, 1.807) is 0 Å². The van der Waals surface area contributed by atoms with Crippen LogP contribution >= 0.6 is 11.8 Å². The van der Waals surface area contributed by atoms with Crippen molar-refractivity contribution in [3.63, 3.8) is 0 Å². The Morgan fingerprint density at radius 3 is 3.62 bits per heavy atom. The average Bonchev–Trinajstić information content (AvgIpc) is 2.15. The van der Waals surface area contributed by atoms with Gasteiger partial charge in [0.1, 0.15) is 0 Å². The first kappa shape index (κ1) is 4.89. The van der Waals surface area contributed by atoms with Gasteiger partial charge in [0.2, 0.25) is 0 Å². The van der Waals surface area contributed by atoms with Gasteiger partial charge in [0, 0.05) is 24.2 Å². The van der Waals surface area contributed by atoms with Gasteiger partial charge in [-0.05, 0) is 6.08 Å². The van der Waals surface area contributed by atoms with Gasteiger partial charge in [-0.3, -0.25) is 4.90 Å². The van der Waals surface area contributed by atoms with Crippen LogP contribution < -0.4 is 0 Å². The molecular weight excluding hydrogens is 118 g/mol. The highest BCUT2D eigenvalue weighted by atomic mass is 32.2. The van der Waals surface area contributed by atoms with Crippen LogP contribution in [-0.4, -0.2) is 29.1 Å². The molecule has 1 nitrogen and oxygen atoms in total. The first-order valence-electron chi connectivity index (χ1n) is 2.85. The van der Waals surface area contributed by atoms with Crippen molar-refractivity contribution in [3.05, 3.63) is 12.2 Å². The van der Waals surface area contributed by atoms with Crippen LogP contribution in [0.3, 0.4) is 0 Å². The molecule has 0 spiro atoms. The molecule has 0 bridgehead atoms. The summed E-state index contributed by atoms with van der Waals surface area (Å²) in [6.45, 7) is 1.07. The lowest BCUT2D eigenvalue weighted by Gasteiger charge is -2.10. The van der Waals surface area contributed by atoms with E-state index in [1.807, 2.05) is 11.8 Å². The van der Waals surface area contributed by atoms with E-state index in [0.29, 0.717) is 0 Å². The summed E-state index contributed by atoms with van der Waals surface area (Å²) < 4.78 is 0. The van der Waals surface area contributed by atoms with E-state index < -0.39 is 0 Å². The molecule has 2 aliphatic heterocycles. The zero-order chi connectivity index (χ0) is 5.40. The number of thioether (sulfide) groups is 1. The van der Waals surface area contributed by atoms with E-state index in [9.17, 15) is 0 Å². The second-order valence-electron chi connectivity index (χ2n) is 2.18. The highest BCUT2D eigenvalue weighted by Gasteiger charge is 2.24. The van der Waals surface area contributed by atoms with Crippen molar-refractivity contribution >= 4 is 11.8 Å². The first-order chi connectivity index (χ1) is 3.97. The Morgan fingerprint density at radius 1 is 1.75 bits per heavy atom. The summed E-state index contributed by atoms with van der Waals surface area (Å²) in [5.41, 5.74) is 0. The minimum atomic E-state index is 0.736. The molecule has 0 aromatic carbocycles. The summed E-state index contributed by atoms with van der Waals surface area (Å²) in [6, 6.07) is 0.736. The summed E-state index contributed by atoms with van der Waals surface area (Å²) in [7, 11) is 0. The Morgan fingerprint density at radius 2 is 2.75 bits per heavy atom. The number of rotatable bonds is 0. The predicted molar refractivity (Wildman–Crippen MR) is 35.6 cm³/mol. The van der Waals surface area contributed by atoms with Crippen molar-refractivity contribution in [1.82, 2.24) is 4.90 Å². The van der Waals surface area contributed by atoms with Crippen molar-refractivity contribution < 1.29 is 0 Å². The molecule has 1 fully saturated rings. The van der Waals surface area contributed by atoms with Crippen LogP contribution in [0.4, 0.5) is 0 Å². The molecule has 0 saturated carbocycles.